The number of nitrogens with one attached hydrogen (secondary N) is 3. The lowest BCUT2D eigenvalue weighted by atomic mass is 9.59. The fourth-order valence-electron chi connectivity index (χ4n) is 10.9. The number of anilines is 2. The lowest BCUT2D eigenvalue weighted by molar-refractivity contribution is -0.384. The van der Waals surface area contributed by atoms with Crippen molar-refractivity contribution in [2.24, 2.45) is 16.7 Å². The van der Waals surface area contributed by atoms with Crippen LogP contribution in [-0.4, -0.2) is 84.0 Å². The van der Waals surface area contributed by atoms with Crippen LogP contribution in [0.25, 0.3) is 11.0 Å². The molecule has 5 aromatic rings. The van der Waals surface area contributed by atoms with E-state index in [0.29, 0.717) is 48.5 Å². The maximum atomic E-state index is 14.0. The zero-order valence-corrected chi connectivity index (χ0v) is 39.4. The van der Waals surface area contributed by atoms with Gasteiger partial charge in [-0.1, -0.05) is 52.0 Å². The number of H-pyrrole nitrogens is 1. The van der Waals surface area contributed by atoms with Crippen LogP contribution in [0.3, 0.4) is 0 Å². The molecule has 2 aliphatic carbocycles. The lowest BCUT2D eigenvalue weighted by Gasteiger charge is -2.59. The van der Waals surface area contributed by atoms with Crippen LogP contribution in [0.4, 0.5) is 17.2 Å². The van der Waals surface area contributed by atoms with Crippen LogP contribution in [0, 0.1) is 26.9 Å². The molecule has 1 amide bonds. The van der Waals surface area contributed by atoms with Crippen molar-refractivity contribution in [3.05, 3.63) is 106 Å². The normalized spacial score (nSPS) is 21.5. The average molecular weight is 919 g/mol. The monoisotopic (exact) mass is 918 g/mol. The first-order valence-corrected chi connectivity index (χ1v) is 24.9. The SMILES string of the molecule is CC(C)c1ccccc1[C@@H]1COCC(C)N1C1CC2(CCN(c3ccc(C(=O)NS(=O)(=O)c4cnc(NCC5CCC(C)(C)CC5)c([N+](=O)[O-])c4)c(Oc4cnc5[nH]ccc5c4)c3)CC2)C1. The molecule has 16 heteroatoms. The number of amides is 1. The van der Waals surface area contributed by atoms with E-state index in [9.17, 15) is 23.3 Å². The zero-order valence-electron chi connectivity index (χ0n) is 38.6. The molecule has 4 aliphatic rings. The predicted molar refractivity (Wildman–Crippen MR) is 255 cm³/mol. The topological polar surface area (TPSA) is 185 Å². The van der Waals surface area contributed by atoms with Gasteiger partial charge >= 0.3 is 5.69 Å². The number of nitro groups is 1. The van der Waals surface area contributed by atoms with Crippen molar-refractivity contribution in [1.82, 2.24) is 24.6 Å². The Hall–Kier alpha value is -5.58. The van der Waals surface area contributed by atoms with Gasteiger partial charge in [-0.05, 0) is 116 Å². The Bertz CT molecular complexity index is 2700. The largest absolute Gasteiger partial charge is 0.455 e. The fourth-order valence-corrected chi connectivity index (χ4v) is 11.8. The number of piperidine rings is 1. The number of fused-ring (bicyclic) bond motifs is 1. The van der Waals surface area contributed by atoms with E-state index in [1.165, 1.54) is 11.1 Å². The molecule has 5 heterocycles. The number of aromatic nitrogens is 3. The minimum absolute atomic E-state index is 0.0151. The molecule has 2 aliphatic heterocycles. The number of ether oxygens (including phenoxy) is 2. The Balaban J connectivity index is 0.903. The molecule has 3 N–H and O–H groups in total. The number of morpholine rings is 1. The number of hydrogen-bond donors (Lipinski definition) is 3. The van der Waals surface area contributed by atoms with Crippen LogP contribution >= 0.6 is 0 Å². The molecule has 3 aromatic heterocycles. The van der Waals surface area contributed by atoms with E-state index < -0.39 is 31.4 Å². The van der Waals surface area contributed by atoms with Gasteiger partial charge in [-0.3, -0.25) is 19.8 Å². The molecule has 2 aromatic carbocycles. The van der Waals surface area contributed by atoms with Gasteiger partial charge in [-0.15, -0.1) is 0 Å². The number of carbonyl (C=O) groups is 1. The molecule has 350 valence electrons. The fraction of sp³-hybridized carbons (Fsp3) is 0.500. The number of hydrogen-bond acceptors (Lipinski definition) is 12. The Kier molecular flexibility index (Phi) is 12.6. The number of nitrogens with zero attached hydrogens (tertiary/aromatic N) is 5. The number of aromatic amines is 1. The van der Waals surface area contributed by atoms with E-state index in [0.717, 1.165) is 94.4 Å². The van der Waals surface area contributed by atoms with Crippen molar-refractivity contribution < 1.29 is 27.6 Å². The minimum Gasteiger partial charge on any atom is -0.455 e. The summed E-state index contributed by atoms with van der Waals surface area (Å²) in [6, 6.07) is 19.6. The van der Waals surface area contributed by atoms with Gasteiger partial charge in [0, 0.05) is 61.1 Å². The Morgan fingerprint density at radius 1 is 1.00 bits per heavy atom. The lowest BCUT2D eigenvalue weighted by Crippen LogP contribution is -2.60. The molecule has 1 unspecified atom stereocenters. The predicted octanol–water partition coefficient (Wildman–Crippen LogP) is 9.74. The minimum atomic E-state index is -4.61. The summed E-state index contributed by atoms with van der Waals surface area (Å²) in [5, 5.41) is 16.1. The molecule has 0 radical (unpaired) electrons. The molecule has 0 bridgehead atoms. The summed E-state index contributed by atoms with van der Waals surface area (Å²) >= 11 is 0. The highest BCUT2D eigenvalue weighted by atomic mass is 32.2. The third-order valence-corrected chi connectivity index (χ3v) is 16.1. The molecular weight excluding hydrogens is 857 g/mol. The number of pyridine rings is 2. The van der Waals surface area contributed by atoms with Crippen molar-refractivity contribution in [2.75, 3.05) is 43.1 Å². The smallest absolute Gasteiger partial charge is 0.312 e. The van der Waals surface area contributed by atoms with Crippen LogP contribution < -0.4 is 19.7 Å². The molecular formula is C50H62N8O7S. The molecule has 2 atom stereocenters. The quantitative estimate of drug-likeness (QED) is 0.0752. The summed E-state index contributed by atoms with van der Waals surface area (Å²) in [5.74, 6) is 0.286. The summed E-state index contributed by atoms with van der Waals surface area (Å²) in [4.78, 5) is 41.7. The molecule has 66 heavy (non-hydrogen) atoms. The van der Waals surface area contributed by atoms with E-state index in [1.807, 2.05) is 12.1 Å². The molecule has 2 saturated heterocycles. The highest BCUT2D eigenvalue weighted by molar-refractivity contribution is 7.90. The van der Waals surface area contributed by atoms with Gasteiger partial charge < -0.3 is 24.7 Å². The van der Waals surface area contributed by atoms with Gasteiger partial charge in [-0.25, -0.2) is 23.1 Å². The summed E-state index contributed by atoms with van der Waals surface area (Å²) in [6.07, 6.45) is 12.8. The van der Waals surface area contributed by atoms with Crippen molar-refractivity contribution >= 4 is 44.2 Å². The second kappa shape index (κ2) is 18.2. The van der Waals surface area contributed by atoms with Crippen molar-refractivity contribution in [2.45, 2.75) is 115 Å². The number of rotatable bonds is 13. The summed E-state index contributed by atoms with van der Waals surface area (Å²) in [6.45, 7) is 14.9. The van der Waals surface area contributed by atoms with Crippen LogP contribution in [-0.2, 0) is 14.8 Å². The van der Waals surface area contributed by atoms with E-state index in [1.54, 1.807) is 30.6 Å². The zero-order chi connectivity index (χ0) is 46.4. The van der Waals surface area contributed by atoms with Gasteiger partial charge in [0.15, 0.2) is 0 Å². The summed E-state index contributed by atoms with van der Waals surface area (Å²) in [7, 11) is -4.61. The summed E-state index contributed by atoms with van der Waals surface area (Å²) < 4.78 is 42.1. The molecule has 2 saturated carbocycles. The third-order valence-electron chi connectivity index (χ3n) is 14.8. The Labute approximate surface area is 387 Å². The average Bonchev–Trinajstić information content (AvgIpc) is 3.76. The molecule has 15 nitrogen and oxygen atoms in total. The first-order valence-electron chi connectivity index (χ1n) is 23.5. The number of benzene rings is 2. The highest BCUT2D eigenvalue weighted by Gasteiger charge is 2.51. The second-order valence-electron chi connectivity index (χ2n) is 20.3. The van der Waals surface area contributed by atoms with Crippen molar-refractivity contribution in [3.63, 3.8) is 0 Å². The van der Waals surface area contributed by atoms with Gasteiger partial charge in [0.2, 0.25) is 5.82 Å². The van der Waals surface area contributed by atoms with Crippen LogP contribution in [0.1, 0.15) is 119 Å². The van der Waals surface area contributed by atoms with Crippen LogP contribution in [0.15, 0.2) is 84.1 Å². The van der Waals surface area contributed by atoms with E-state index in [2.05, 4.69) is 93.7 Å². The molecule has 4 fully saturated rings. The van der Waals surface area contributed by atoms with Gasteiger partial charge in [0.25, 0.3) is 15.9 Å². The second-order valence-corrected chi connectivity index (χ2v) is 22.0. The number of carbonyl (C=O) groups excluding carboxylic acids is 1. The molecule has 1 spiro atoms. The van der Waals surface area contributed by atoms with Gasteiger partial charge in [0.1, 0.15) is 22.0 Å². The van der Waals surface area contributed by atoms with Crippen LogP contribution in [0.2, 0.25) is 0 Å². The number of sulfonamides is 1. The first kappa shape index (κ1) is 45.6. The van der Waals surface area contributed by atoms with Crippen molar-refractivity contribution in [1.29, 1.82) is 0 Å². The van der Waals surface area contributed by atoms with Crippen LogP contribution in [0.5, 0.6) is 11.5 Å². The maximum Gasteiger partial charge on any atom is 0.312 e. The Morgan fingerprint density at radius 3 is 2.50 bits per heavy atom. The molecule has 9 rings (SSSR count). The standard InChI is InChI=1S/C50H62N8O7S/c1-32(2)40-8-6-7-9-41(40)44-31-64-30-33(3)57(44)37-25-50(26-37)17-20-56(21-18-50)36-10-11-42(45(23-36)65-38-22-35-14-19-51-46(35)53-28-38)48(59)55-66(62,63)39-24-43(58(60)61)47(54-29-39)52-27-34-12-15-49(4,5)16-13-34/h6-11,14,19,22-24,28-29,32-34,37,44H,12-13,15-18,20-21,25-27,30-31H2,1-5H3,(H,51,53)(H,52,54)(H,55,59)/t33?,44-/m0/s1. The summed E-state index contributed by atoms with van der Waals surface area (Å²) in [5.41, 5.74) is 4.28. The Morgan fingerprint density at radius 2 is 1.76 bits per heavy atom. The third kappa shape index (κ3) is 9.50. The van der Waals surface area contributed by atoms with Gasteiger partial charge in [-0.2, -0.15) is 0 Å². The van der Waals surface area contributed by atoms with E-state index in [4.69, 9.17) is 9.47 Å². The first-order chi connectivity index (χ1) is 31.6. The highest BCUT2D eigenvalue weighted by Crippen LogP contribution is 2.54. The van der Waals surface area contributed by atoms with E-state index >= 15 is 0 Å². The van der Waals surface area contributed by atoms with E-state index in [-0.39, 0.29) is 34.0 Å². The van der Waals surface area contributed by atoms with Crippen molar-refractivity contribution in [3.8, 4) is 11.5 Å². The maximum absolute atomic E-state index is 14.0. The van der Waals surface area contributed by atoms with Gasteiger partial charge in [0.05, 0.1) is 42.1 Å².